The van der Waals surface area contributed by atoms with E-state index in [1.807, 2.05) is 13.8 Å². The molecule has 4 nitrogen and oxygen atoms in total. The Bertz CT molecular complexity index is 196. The smallest absolute Gasteiger partial charge is 0.257 e. The Morgan fingerprint density at radius 2 is 2.09 bits per heavy atom. The molecule has 0 bridgehead atoms. The Labute approximate surface area is 66.2 Å². The second kappa shape index (κ2) is 4.60. The number of amides is 1. The number of hydrogen-bond donors (Lipinski definition) is 1. The molecular formula is C7H13N3O. The molecule has 0 saturated carbocycles. The Morgan fingerprint density at radius 3 is 2.45 bits per heavy atom. The SMILES string of the molecule is CC.CC1C=NC(N)=NC1=O. The maximum absolute atomic E-state index is 10.6. The zero-order valence-electron chi connectivity index (χ0n) is 7.03. The molecule has 1 amide bonds. The molecule has 0 radical (unpaired) electrons. The van der Waals surface area contributed by atoms with Crippen LogP contribution in [0, 0.1) is 5.92 Å². The van der Waals surface area contributed by atoms with Crippen molar-refractivity contribution in [2.75, 3.05) is 0 Å². The lowest BCUT2D eigenvalue weighted by Gasteiger charge is -2.03. The third-order valence-electron chi connectivity index (χ3n) is 1.04. The van der Waals surface area contributed by atoms with Gasteiger partial charge in [0.2, 0.25) is 5.96 Å². The van der Waals surface area contributed by atoms with E-state index in [-0.39, 0.29) is 17.8 Å². The van der Waals surface area contributed by atoms with Gasteiger partial charge in [-0.3, -0.25) is 4.79 Å². The number of hydrogen-bond acceptors (Lipinski definition) is 3. The van der Waals surface area contributed by atoms with Crippen molar-refractivity contribution in [2.45, 2.75) is 20.8 Å². The van der Waals surface area contributed by atoms with Crippen molar-refractivity contribution >= 4 is 18.1 Å². The predicted molar refractivity (Wildman–Crippen MR) is 45.6 cm³/mol. The van der Waals surface area contributed by atoms with Gasteiger partial charge in [-0.05, 0) is 6.92 Å². The fraction of sp³-hybridized carbons (Fsp3) is 0.571. The van der Waals surface area contributed by atoms with Gasteiger partial charge in [0.15, 0.2) is 0 Å². The van der Waals surface area contributed by atoms with Crippen LogP contribution in [0.5, 0.6) is 0 Å². The molecule has 0 aromatic rings. The minimum atomic E-state index is -0.220. The van der Waals surface area contributed by atoms with E-state index < -0.39 is 0 Å². The highest BCUT2D eigenvalue weighted by atomic mass is 16.1. The number of rotatable bonds is 0. The third-order valence-corrected chi connectivity index (χ3v) is 1.04. The second-order valence-electron chi connectivity index (χ2n) is 1.88. The Kier molecular flexibility index (Phi) is 4.10. The second-order valence-corrected chi connectivity index (χ2v) is 1.88. The van der Waals surface area contributed by atoms with Crippen molar-refractivity contribution in [1.29, 1.82) is 0 Å². The van der Waals surface area contributed by atoms with Gasteiger partial charge in [-0.2, -0.15) is 4.99 Å². The minimum Gasteiger partial charge on any atom is -0.368 e. The van der Waals surface area contributed by atoms with Gasteiger partial charge in [-0.15, -0.1) is 0 Å². The van der Waals surface area contributed by atoms with Gasteiger partial charge < -0.3 is 5.73 Å². The van der Waals surface area contributed by atoms with Crippen LogP contribution in [0.3, 0.4) is 0 Å². The lowest BCUT2D eigenvalue weighted by Crippen LogP contribution is -2.22. The van der Waals surface area contributed by atoms with Gasteiger partial charge in [0.05, 0.1) is 5.92 Å². The van der Waals surface area contributed by atoms with Crippen molar-refractivity contribution in [3.63, 3.8) is 0 Å². The van der Waals surface area contributed by atoms with Crippen molar-refractivity contribution < 1.29 is 4.79 Å². The van der Waals surface area contributed by atoms with Gasteiger partial charge in [0.1, 0.15) is 0 Å². The summed E-state index contributed by atoms with van der Waals surface area (Å²) < 4.78 is 0. The van der Waals surface area contributed by atoms with Crippen LogP contribution in [0.25, 0.3) is 0 Å². The van der Waals surface area contributed by atoms with Crippen LogP contribution < -0.4 is 5.73 Å². The minimum absolute atomic E-state index is 0.0538. The van der Waals surface area contributed by atoms with Crippen LogP contribution in [0.2, 0.25) is 0 Å². The number of nitrogens with zero attached hydrogens (tertiary/aromatic N) is 2. The fourth-order valence-corrected chi connectivity index (χ4v) is 0.496. The van der Waals surface area contributed by atoms with Crippen LogP contribution in [0.1, 0.15) is 20.8 Å². The molecule has 11 heavy (non-hydrogen) atoms. The Hall–Kier alpha value is -1.19. The number of guanidine groups is 1. The average Bonchev–Trinajstić information content (AvgIpc) is 2.02. The van der Waals surface area contributed by atoms with Gasteiger partial charge in [-0.25, -0.2) is 4.99 Å². The molecule has 1 aliphatic rings. The van der Waals surface area contributed by atoms with E-state index in [9.17, 15) is 4.79 Å². The topological polar surface area (TPSA) is 67.8 Å². The molecule has 4 heteroatoms. The first kappa shape index (κ1) is 9.81. The van der Waals surface area contributed by atoms with Crippen molar-refractivity contribution in [3.05, 3.63) is 0 Å². The lowest BCUT2D eigenvalue weighted by atomic mass is 10.2. The molecule has 1 rings (SSSR count). The molecule has 1 atom stereocenters. The van der Waals surface area contributed by atoms with Crippen LogP contribution in [-0.4, -0.2) is 18.1 Å². The Morgan fingerprint density at radius 1 is 1.55 bits per heavy atom. The molecule has 0 aliphatic carbocycles. The molecule has 0 aromatic carbocycles. The van der Waals surface area contributed by atoms with E-state index >= 15 is 0 Å². The van der Waals surface area contributed by atoms with Gasteiger partial charge >= 0.3 is 0 Å². The third kappa shape index (κ3) is 2.93. The van der Waals surface area contributed by atoms with Crippen molar-refractivity contribution in [2.24, 2.45) is 21.6 Å². The largest absolute Gasteiger partial charge is 0.368 e. The van der Waals surface area contributed by atoms with Gasteiger partial charge in [0.25, 0.3) is 5.91 Å². The molecule has 1 heterocycles. The molecule has 1 unspecified atom stereocenters. The summed E-state index contributed by atoms with van der Waals surface area (Å²) in [6.45, 7) is 5.72. The monoisotopic (exact) mass is 155 g/mol. The Balaban J connectivity index is 0.000000461. The van der Waals surface area contributed by atoms with Crippen LogP contribution in [0.4, 0.5) is 0 Å². The molecule has 0 aromatic heterocycles. The summed E-state index contributed by atoms with van der Waals surface area (Å²) in [5.41, 5.74) is 5.12. The first-order chi connectivity index (χ1) is 5.20. The van der Waals surface area contributed by atoms with Crippen molar-refractivity contribution in [1.82, 2.24) is 0 Å². The van der Waals surface area contributed by atoms with Crippen LogP contribution in [0.15, 0.2) is 9.98 Å². The first-order valence-corrected chi connectivity index (χ1v) is 3.62. The number of carbonyl (C=O) groups is 1. The average molecular weight is 155 g/mol. The summed E-state index contributed by atoms with van der Waals surface area (Å²) in [7, 11) is 0. The number of carbonyl (C=O) groups excluding carboxylic acids is 1. The zero-order chi connectivity index (χ0) is 8.85. The molecule has 2 N–H and O–H groups in total. The zero-order valence-corrected chi connectivity index (χ0v) is 7.03. The molecule has 0 spiro atoms. The summed E-state index contributed by atoms with van der Waals surface area (Å²) in [6.07, 6.45) is 1.49. The maximum Gasteiger partial charge on any atom is 0.257 e. The molecular weight excluding hydrogens is 142 g/mol. The van der Waals surface area contributed by atoms with E-state index in [4.69, 9.17) is 5.73 Å². The standard InChI is InChI=1S/C5H7N3O.C2H6/c1-3-2-7-5(6)8-4(3)9;1-2/h2-3H,1H3,(H2,6,8,9);1-2H3. The number of aliphatic imine (C=N–C) groups is 2. The highest BCUT2D eigenvalue weighted by Gasteiger charge is 2.12. The summed E-state index contributed by atoms with van der Waals surface area (Å²) in [4.78, 5) is 17.7. The van der Waals surface area contributed by atoms with E-state index in [0.717, 1.165) is 0 Å². The summed E-state index contributed by atoms with van der Waals surface area (Å²) in [5.74, 6) is -0.377. The van der Waals surface area contributed by atoms with E-state index in [1.165, 1.54) is 6.21 Å². The van der Waals surface area contributed by atoms with Crippen LogP contribution >= 0.6 is 0 Å². The summed E-state index contributed by atoms with van der Waals surface area (Å²) >= 11 is 0. The maximum atomic E-state index is 10.6. The summed E-state index contributed by atoms with van der Waals surface area (Å²) in [6, 6.07) is 0. The van der Waals surface area contributed by atoms with E-state index in [0.29, 0.717) is 0 Å². The normalized spacial score (nSPS) is 21.9. The quantitative estimate of drug-likeness (QED) is 0.555. The van der Waals surface area contributed by atoms with Gasteiger partial charge in [-0.1, -0.05) is 13.8 Å². The van der Waals surface area contributed by atoms with Crippen molar-refractivity contribution in [3.8, 4) is 0 Å². The van der Waals surface area contributed by atoms with E-state index in [2.05, 4.69) is 9.98 Å². The summed E-state index contributed by atoms with van der Waals surface area (Å²) in [5, 5.41) is 0. The fourth-order valence-electron chi connectivity index (χ4n) is 0.496. The predicted octanol–water partition coefficient (Wildman–Crippen LogP) is 0.574. The van der Waals surface area contributed by atoms with E-state index in [1.54, 1.807) is 6.92 Å². The molecule has 0 fully saturated rings. The highest BCUT2D eigenvalue weighted by Crippen LogP contribution is 1.98. The highest BCUT2D eigenvalue weighted by molar-refractivity contribution is 6.07. The molecule has 1 aliphatic heterocycles. The molecule has 0 saturated heterocycles. The lowest BCUT2D eigenvalue weighted by molar-refractivity contribution is -0.119. The van der Waals surface area contributed by atoms with Gasteiger partial charge in [0, 0.05) is 6.21 Å². The van der Waals surface area contributed by atoms with Crippen LogP contribution in [-0.2, 0) is 4.79 Å². The molecule has 62 valence electrons. The number of nitrogens with two attached hydrogens (primary N) is 1. The first-order valence-electron chi connectivity index (χ1n) is 3.62.